The Morgan fingerprint density at radius 2 is 1.94 bits per heavy atom. The van der Waals surface area contributed by atoms with Crippen molar-refractivity contribution in [1.29, 1.82) is 0 Å². The zero-order chi connectivity index (χ0) is 13.1. The molecule has 3 nitrogen and oxygen atoms in total. The summed E-state index contributed by atoms with van der Waals surface area (Å²) in [5, 5.41) is 9.96. The third kappa shape index (κ3) is 2.31. The normalized spacial score (nSPS) is 12.2. The van der Waals surface area contributed by atoms with Gasteiger partial charge >= 0.3 is 0 Å². The highest BCUT2D eigenvalue weighted by Crippen LogP contribution is 2.29. The van der Waals surface area contributed by atoms with Crippen LogP contribution < -0.4 is 4.74 Å². The maximum Gasteiger partial charge on any atom is 0.135 e. The molecule has 1 N–H and O–H groups in total. The molecule has 0 aliphatic heterocycles. The lowest BCUT2D eigenvalue weighted by Crippen LogP contribution is -2.06. The highest BCUT2D eigenvalue weighted by Gasteiger charge is 2.21. The Bertz CT molecular complexity index is 523. The van der Waals surface area contributed by atoms with Crippen molar-refractivity contribution >= 4 is 0 Å². The van der Waals surface area contributed by atoms with Crippen LogP contribution >= 0.6 is 0 Å². The molecule has 2 rings (SSSR count). The molecular formula is C13H11F2NO2. The van der Waals surface area contributed by atoms with Gasteiger partial charge < -0.3 is 9.84 Å². The van der Waals surface area contributed by atoms with Crippen LogP contribution in [0.3, 0.4) is 0 Å². The van der Waals surface area contributed by atoms with Gasteiger partial charge in [-0.25, -0.2) is 8.78 Å². The molecule has 2 aromatic rings. The Balaban J connectivity index is 2.45. The van der Waals surface area contributed by atoms with Crippen LogP contribution in [0.25, 0.3) is 0 Å². The first-order chi connectivity index (χ1) is 8.63. The maximum absolute atomic E-state index is 13.7. The van der Waals surface area contributed by atoms with E-state index in [2.05, 4.69) is 4.98 Å². The molecule has 5 heteroatoms. The number of ether oxygens (including phenoxy) is 1. The van der Waals surface area contributed by atoms with Crippen LogP contribution in [0.5, 0.6) is 5.75 Å². The van der Waals surface area contributed by atoms with Gasteiger partial charge in [-0.1, -0.05) is 6.07 Å². The molecule has 0 aliphatic carbocycles. The highest BCUT2D eigenvalue weighted by atomic mass is 19.1. The molecule has 1 aromatic heterocycles. The van der Waals surface area contributed by atoms with E-state index in [4.69, 9.17) is 4.74 Å². The van der Waals surface area contributed by atoms with Crippen LogP contribution in [0, 0.1) is 11.6 Å². The van der Waals surface area contributed by atoms with Crippen molar-refractivity contribution in [2.45, 2.75) is 6.10 Å². The number of rotatable bonds is 3. The smallest absolute Gasteiger partial charge is 0.135 e. The van der Waals surface area contributed by atoms with Gasteiger partial charge in [-0.3, -0.25) is 4.98 Å². The lowest BCUT2D eigenvalue weighted by molar-refractivity contribution is 0.208. The lowest BCUT2D eigenvalue weighted by atomic mass is 10.0. The summed E-state index contributed by atoms with van der Waals surface area (Å²) < 4.78 is 32.2. The average molecular weight is 251 g/mol. The van der Waals surface area contributed by atoms with Gasteiger partial charge in [0.25, 0.3) is 0 Å². The van der Waals surface area contributed by atoms with Gasteiger partial charge in [0.05, 0.1) is 12.7 Å². The molecule has 0 amide bonds. The van der Waals surface area contributed by atoms with E-state index >= 15 is 0 Å². The summed E-state index contributed by atoms with van der Waals surface area (Å²) in [5.41, 5.74) is -0.0933. The minimum Gasteiger partial charge on any atom is -0.497 e. The second-order valence-corrected chi connectivity index (χ2v) is 3.69. The Hall–Kier alpha value is -2.01. The predicted octanol–water partition coefficient (Wildman–Crippen LogP) is 2.45. The van der Waals surface area contributed by atoms with Crippen LogP contribution in [-0.4, -0.2) is 17.2 Å². The van der Waals surface area contributed by atoms with E-state index in [0.29, 0.717) is 5.56 Å². The largest absolute Gasteiger partial charge is 0.497 e. The summed E-state index contributed by atoms with van der Waals surface area (Å²) in [4.78, 5) is 3.79. The summed E-state index contributed by atoms with van der Waals surface area (Å²) in [6, 6.07) is 5.18. The number of nitrogens with zero attached hydrogens (tertiary/aromatic N) is 1. The highest BCUT2D eigenvalue weighted by molar-refractivity contribution is 5.35. The van der Waals surface area contributed by atoms with Crippen molar-refractivity contribution < 1.29 is 18.6 Å². The maximum atomic E-state index is 13.7. The van der Waals surface area contributed by atoms with Gasteiger partial charge in [-0.15, -0.1) is 0 Å². The number of aliphatic hydroxyl groups excluding tert-OH is 1. The van der Waals surface area contributed by atoms with E-state index in [-0.39, 0.29) is 5.75 Å². The summed E-state index contributed by atoms with van der Waals surface area (Å²) in [6.07, 6.45) is 1.47. The lowest BCUT2D eigenvalue weighted by Gasteiger charge is -2.13. The molecule has 0 fully saturated rings. The Morgan fingerprint density at radius 3 is 2.44 bits per heavy atom. The van der Waals surface area contributed by atoms with Crippen molar-refractivity contribution in [3.05, 3.63) is 59.4 Å². The predicted molar refractivity (Wildman–Crippen MR) is 61.2 cm³/mol. The van der Waals surface area contributed by atoms with Gasteiger partial charge in [-0.2, -0.15) is 0 Å². The number of hydrogen-bond donors (Lipinski definition) is 1. The van der Waals surface area contributed by atoms with Gasteiger partial charge in [0.2, 0.25) is 0 Å². The minimum absolute atomic E-state index is 0.0622. The van der Waals surface area contributed by atoms with Gasteiger partial charge in [0.1, 0.15) is 23.5 Å². The topological polar surface area (TPSA) is 42.4 Å². The van der Waals surface area contributed by atoms with Crippen molar-refractivity contribution in [2.75, 3.05) is 7.11 Å². The fourth-order valence-electron chi connectivity index (χ4n) is 1.64. The quantitative estimate of drug-likeness (QED) is 0.911. The second-order valence-electron chi connectivity index (χ2n) is 3.69. The van der Waals surface area contributed by atoms with Crippen LogP contribution in [0.1, 0.15) is 17.2 Å². The zero-order valence-corrected chi connectivity index (χ0v) is 9.60. The standard InChI is InChI=1S/C13H11F2NO2/c1-18-9-5-10(14)12(11(15)6-9)13(17)8-3-2-4-16-7-8/h2-7,13,17H,1H3. The Morgan fingerprint density at radius 1 is 1.28 bits per heavy atom. The molecular weight excluding hydrogens is 240 g/mol. The minimum atomic E-state index is -1.40. The molecule has 1 aromatic carbocycles. The molecule has 1 unspecified atom stereocenters. The third-order valence-electron chi connectivity index (χ3n) is 2.56. The van der Waals surface area contributed by atoms with E-state index in [1.54, 1.807) is 12.1 Å². The van der Waals surface area contributed by atoms with Gasteiger partial charge in [-0.05, 0) is 6.07 Å². The van der Waals surface area contributed by atoms with Crippen LogP contribution in [-0.2, 0) is 0 Å². The van der Waals surface area contributed by atoms with Crippen molar-refractivity contribution in [1.82, 2.24) is 4.98 Å². The zero-order valence-electron chi connectivity index (χ0n) is 9.60. The number of methoxy groups -OCH3 is 1. The SMILES string of the molecule is COc1cc(F)c(C(O)c2cccnc2)c(F)c1. The molecule has 0 saturated heterocycles. The number of pyridine rings is 1. The molecule has 18 heavy (non-hydrogen) atoms. The van der Waals surface area contributed by atoms with E-state index in [1.165, 1.54) is 19.5 Å². The molecule has 94 valence electrons. The number of aliphatic hydroxyl groups is 1. The van der Waals surface area contributed by atoms with E-state index < -0.39 is 23.3 Å². The molecule has 1 heterocycles. The number of benzene rings is 1. The molecule has 0 saturated carbocycles. The summed E-state index contributed by atoms with van der Waals surface area (Å²) >= 11 is 0. The van der Waals surface area contributed by atoms with E-state index in [0.717, 1.165) is 12.1 Å². The summed E-state index contributed by atoms with van der Waals surface area (Å²) in [6.45, 7) is 0. The summed E-state index contributed by atoms with van der Waals surface area (Å²) in [7, 11) is 1.31. The average Bonchev–Trinajstić information content (AvgIpc) is 2.38. The van der Waals surface area contributed by atoms with E-state index in [1.807, 2.05) is 0 Å². The van der Waals surface area contributed by atoms with Crippen molar-refractivity contribution in [3.8, 4) is 5.75 Å². The Kier molecular flexibility index (Phi) is 3.53. The van der Waals surface area contributed by atoms with Crippen LogP contribution in [0.4, 0.5) is 8.78 Å². The van der Waals surface area contributed by atoms with Crippen LogP contribution in [0.2, 0.25) is 0 Å². The molecule has 0 bridgehead atoms. The van der Waals surface area contributed by atoms with Gasteiger partial charge in [0.15, 0.2) is 0 Å². The summed E-state index contributed by atoms with van der Waals surface area (Å²) in [5.74, 6) is -1.65. The molecule has 0 radical (unpaired) electrons. The third-order valence-corrected chi connectivity index (χ3v) is 2.56. The van der Waals surface area contributed by atoms with Crippen molar-refractivity contribution in [3.63, 3.8) is 0 Å². The molecule has 0 aliphatic rings. The second kappa shape index (κ2) is 5.10. The molecule has 0 spiro atoms. The first kappa shape index (κ1) is 12.4. The van der Waals surface area contributed by atoms with Crippen molar-refractivity contribution in [2.24, 2.45) is 0 Å². The molecule has 1 atom stereocenters. The van der Waals surface area contributed by atoms with Gasteiger partial charge in [0, 0.05) is 30.1 Å². The Labute approximate surface area is 103 Å². The fourth-order valence-corrected chi connectivity index (χ4v) is 1.64. The fraction of sp³-hybridized carbons (Fsp3) is 0.154. The first-order valence-electron chi connectivity index (χ1n) is 5.24. The monoisotopic (exact) mass is 251 g/mol. The van der Waals surface area contributed by atoms with E-state index in [9.17, 15) is 13.9 Å². The number of hydrogen-bond acceptors (Lipinski definition) is 3. The van der Waals surface area contributed by atoms with Crippen LogP contribution in [0.15, 0.2) is 36.7 Å². The first-order valence-corrected chi connectivity index (χ1v) is 5.24. The number of aromatic nitrogens is 1. The number of halogens is 2.